The van der Waals surface area contributed by atoms with Crippen LogP contribution in [0.25, 0.3) is 0 Å². The Labute approximate surface area is 105 Å². The summed E-state index contributed by atoms with van der Waals surface area (Å²) in [5.41, 5.74) is 0.518. The van der Waals surface area contributed by atoms with Crippen LogP contribution in [0.15, 0.2) is 23.4 Å². The number of rotatable bonds is 6. The summed E-state index contributed by atoms with van der Waals surface area (Å²) in [5.74, 6) is -0.238. The Morgan fingerprint density at radius 2 is 2.47 bits per heavy atom. The summed E-state index contributed by atoms with van der Waals surface area (Å²) in [4.78, 5) is 15.9. The van der Waals surface area contributed by atoms with Gasteiger partial charge in [-0.25, -0.2) is 4.98 Å². The fourth-order valence-electron chi connectivity index (χ4n) is 1.28. The molecule has 0 fully saturated rings. The summed E-state index contributed by atoms with van der Waals surface area (Å²) in [6.07, 6.45) is 2.81. The Bertz CT molecular complexity index is 373. The van der Waals surface area contributed by atoms with E-state index in [0.717, 1.165) is 0 Å². The summed E-state index contributed by atoms with van der Waals surface area (Å²) in [6, 6.07) is 3.41. The van der Waals surface area contributed by atoms with E-state index in [1.807, 2.05) is 6.26 Å². The maximum atomic E-state index is 11.8. The van der Waals surface area contributed by atoms with Crippen LogP contribution in [0.1, 0.15) is 10.4 Å². The van der Waals surface area contributed by atoms with Crippen LogP contribution in [-0.4, -0.2) is 48.6 Å². The first-order valence-corrected chi connectivity index (χ1v) is 6.35. The van der Waals surface area contributed by atoms with Gasteiger partial charge in [0.15, 0.2) is 0 Å². The highest BCUT2D eigenvalue weighted by molar-refractivity contribution is 7.98. The minimum absolute atomic E-state index is 0.162. The van der Waals surface area contributed by atoms with Crippen molar-refractivity contribution in [3.05, 3.63) is 23.9 Å². The van der Waals surface area contributed by atoms with Crippen LogP contribution in [0.3, 0.4) is 0 Å². The zero-order valence-electron chi connectivity index (χ0n) is 9.84. The minimum atomic E-state index is -0.696. The molecule has 0 aromatic carbocycles. The molecule has 2 N–H and O–H groups in total. The highest BCUT2D eigenvalue weighted by atomic mass is 32.2. The second-order valence-electron chi connectivity index (χ2n) is 3.38. The molecule has 0 spiro atoms. The standard InChI is InChI=1S/C11H16N2O3S/c1-16-7-8(14)6-13-10(15)9-4-3-5-12-11(9)17-2/h3-5,8,14H,6-7H2,1-2H3,(H,13,15). The van der Waals surface area contributed by atoms with Gasteiger partial charge in [0.05, 0.1) is 18.3 Å². The van der Waals surface area contributed by atoms with Crippen molar-refractivity contribution in [1.29, 1.82) is 0 Å². The van der Waals surface area contributed by atoms with E-state index >= 15 is 0 Å². The Hall–Kier alpha value is -1.11. The lowest BCUT2D eigenvalue weighted by molar-refractivity contribution is 0.0609. The van der Waals surface area contributed by atoms with E-state index in [4.69, 9.17) is 4.74 Å². The molecule has 1 aromatic heterocycles. The van der Waals surface area contributed by atoms with Crippen LogP contribution in [0.2, 0.25) is 0 Å². The van der Waals surface area contributed by atoms with Gasteiger partial charge < -0.3 is 15.2 Å². The fraction of sp³-hybridized carbons (Fsp3) is 0.455. The lowest BCUT2D eigenvalue weighted by Gasteiger charge is -2.11. The first-order chi connectivity index (χ1) is 8.19. The minimum Gasteiger partial charge on any atom is -0.389 e. The van der Waals surface area contributed by atoms with Gasteiger partial charge in [0.25, 0.3) is 5.91 Å². The van der Waals surface area contributed by atoms with Gasteiger partial charge in [0, 0.05) is 19.9 Å². The number of thioether (sulfide) groups is 1. The molecule has 0 saturated heterocycles. The van der Waals surface area contributed by atoms with E-state index < -0.39 is 6.10 Å². The molecule has 1 aromatic rings. The number of aliphatic hydroxyl groups is 1. The SMILES string of the molecule is COCC(O)CNC(=O)c1cccnc1SC. The molecule has 0 aliphatic heterocycles. The number of carbonyl (C=O) groups is 1. The monoisotopic (exact) mass is 256 g/mol. The van der Waals surface area contributed by atoms with Gasteiger partial charge in [-0.15, -0.1) is 11.8 Å². The number of methoxy groups -OCH3 is 1. The van der Waals surface area contributed by atoms with Gasteiger partial charge >= 0.3 is 0 Å². The van der Waals surface area contributed by atoms with Crippen LogP contribution >= 0.6 is 11.8 Å². The van der Waals surface area contributed by atoms with E-state index in [1.54, 1.807) is 18.3 Å². The van der Waals surface area contributed by atoms with Crippen LogP contribution in [-0.2, 0) is 4.74 Å². The third-order valence-corrected chi connectivity index (χ3v) is 2.78. The maximum absolute atomic E-state index is 11.8. The molecular weight excluding hydrogens is 240 g/mol. The predicted octanol–water partition coefficient (Wildman–Crippen LogP) is 0.541. The molecule has 0 radical (unpaired) electrons. The molecule has 0 saturated carbocycles. The molecule has 0 bridgehead atoms. The molecule has 0 aliphatic carbocycles. The molecule has 6 heteroatoms. The number of hydrogen-bond donors (Lipinski definition) is 2. The predicted molar refractivity (Wildman–Crippen MR) is 66.2 cm³/mol. The zero-order valence-corrected chi connectivity index (χ0v) is 10.7. The van der Waals surface area contributed by atoms with Gasteiger partial charge in [-0.3, -0.25) is 4.79 Å². The van der Waals surface area contributed by atoms with Gasteiger partial charge in [0.1, 0.15) is 5.03 Å². The summed E-state index contributed by atoms with van der Waals surface area (Å²) < 4.78 is 4.77. The molecule has 17 heavy (non-hydrogen) atoms. The molecule has 1 rings (SSSR count). The number of pyridine rings is 1. The Kier molecular flexibility index (Phi) is 5.96. The van der Waals surface area contributed by atoms with Crippen molar-refractivity contribution in [3.8, 4) is 0 Å². The van der Waals surface area contributed by atoms with Crippen molar-refractivity contribution >= 4 is 17.7 Å². The second-order valence-corrected chi connectivity index (χ2v) is 4.17. The highest BCUT2D eigenvalue weighted by Gasteiger charge is 2.12. The lowest BCUT2D eigenvalue weighted by atomic mass is 10.2. The van der Waals surface area contributed by atoms with E-state index in [9.17, 15) is 9.90 Å². The Balaban J connectivity index is 2.58. The molecule has 5 nitrogen and oxygen atoms in total. The molecule has 94 valence electrons. The summed E-state index contributed by atoms with van der Waals surface area (Å²) in [7, 11) is 1.50. The number of ether oxygens (including phenoxy) is 1. The third kappa shape index (κ3) is 4.33. The molecule has 1 atom stereocenters. The van der Waals surface area contributed by atoms with Gasteiger partial charge in [-0.05, 0) is 18.4 Å². The third-order valence-electron chi connectivity index (χ3n) is 2.07. The quantitative estimate of drug-likeness (QED) is 0.727. The highest BCUT2D eigenvalue weighted by Crippen LogP contribution is 2.16. The van der Waals surface area contributed by atoms with Crippen LogP contribution in [0.5, 0.6) is 0 Å². The normalized spacial score (nSPS) is 12.2. The molecule has 1 unspecified atom stereocenters. The summed E-state index contributed by atoms with van der Waals surface area (Å²) in [5, 5.41) is 12.7. The molecule has 0 aliphatic rings. The molecular formula is C11H16N2O3S. The summed E-state index contributed by atoms with van der Waals surface area (Å²) >= 11 is 1.41. The Morgan fingerprint density at radius 1 is 1.71 bits per heavy atom. The number of nitrogens with zero attached hydrogens (tertiary/aromatic N) is 1. The number of carbonyl (C=O) groups excluding carboxylic acids is 1. The van der Waals surface area contributed by atoms with Crippen molar-refractivity contribution in [1.82, 2.24) is 10.3 Å². The molecule has 1 heterocycles. The van der Waals surface area contributed by atoms with E-state index in [-0.39, 0.29) is 19.1 Å². The maximum Gasteiger partial charge on any atom is 0.254 e. The van der Waals surface area contributed by atoms with E-state index in [2.05, 4.69) is 10.3 Å². The van der Waals surface area contributed by atoms with Crippen molar-refractivity contribution in [2.24, 2.45) is 0 Å². The number of aromatic nitrogens is 1. The zero-order chi connectivity index (χ0) is 12.7. The smallest absolute Gasteiger partial charge is 0.254 e. The number of nitrogens with one attached hydrogen (secondary N) is 1. The van der Waals surface area contributed by atoms with Crippen molar-refractivity contribution in [3.63, 3.8) is 0 Å². The van der Waals surface area contributed by atoms with Gasteiger partial charge in [-0.1, -0.05) is 0 Å². The van der Waals surface area contributed by atoms with Crippen molar-refractivity contribution in [2.75, 3.05) is 26.5 Å². The first-order valence-electron chi connectivity index (χ1n) is 5.13. The average Bonchev–Trinajstić information content (AvgIpc) is 2.36. The fourth-order valence-corrected chi connectivity index (χ4v) is 1.83. The first kappa shape index (κ1) is 14.0. The van der Waals surface area contributed by atoms with Crippen LogP contribution in [0, 0.1) is 0 Å². The number of amides is 1. The number of hydrogen-bond acceptors (Lipinski definition) is 5. The van der Waals surface area contributed by atoms with Crippen LogP contribution < -0.4 is 5.32 Å². The molecule has 1 amide bonds. The second kappa shape index (κ2) is 7.26. The van der Waals surface area contributed by atoms with Gasteiger partial charge in [-0.2, -0.15) is 0 Å². The summed E-state index contributed by atoms with van der Waals surface area (Å²) in [6.45, 7) is 0.359. The largest absolute Gasteiger partial charge is 0.389 e. The van der Waals surface area contributed by atoms with Crippen molar-refractivity contribution in [2.45, 2.75) is 11.1 Å². The number of aliphatic hydroxyl groups excluding tert-OH is 1. The van der Waals surface area contributed by atoms with E-state index in [1.165, 1.54) is 18.9 Å². The average molecular weight is 256 g/mol. The van der Waals surface area contributed by atoms with Crippen molar-refractivity contribution < 1.29 is 14.6 Å². The Morgan fingerprint density at radius 3 is 3.12 bits per heavy atom. The topological polar surface area (TPSA) is 71.5 Å². The van der Waals surface area contributed by atoms with Gasteiger partial charge in [0.2, 0.25) is 0 Å². The van der Waals surface area contributed by atoms with E-state index in [0.29, 0.717) is 10.6 Å². The van der Waals surface area contributed by atoms with Crippen LogP contribution in [0.4, 0.5) is 0 Å². The lowest BCUT2D eigenvalue weighted by Crippen LogP contribution is -2.34.